The van der Waals surface area contributed by atoms with E-state index in [1.165, 1.54) is 42.2 Å². The lowest BCUT2D eigenvalue weighted by Crippen LogP contribution is -2.35. The van der Waals surface area contributed by atoms with Gasteiger partial charge in [0.05, 0.1) is 5.39 Å². The molecule has 1 amide bonds. The van der Waals surface area contributed by atoms with Gasteiger partial charge in [0.25, 0.3) is 5.56 Å². The van der Waals surface area contributed by atoms with Gasteiger partial charge in [-0.05, 0) is 24.6 Å². The summed E-state index contributed by atoms with van der Waals surface area (Å²) >= 11 is 1.43. The molecule has 0 aliphatic heterocycles. The van der Waals surface area contributed by atoms with Crippen molar-refractivity contribution in [3.8, 4) is 0 Å². The Kier molecular flexibility index (Phi) is 5.63. The minimum absolute atomic E-state index is 0.0143. The van der Waals surface area contributed by atoms with E-state index in [-0.39, 0.29) is 23.4 Å². The van der Waals surface area contributed by atoms with Crippen LogP contribution in [0.15, 0.2) is 46.6 Å². The van der Waals surface area contributed by atoms with Crippen LogP contribution in [0.25, 0.3) is 10.2 Å². The van der Waals surface area contributed by atoms with Gasteiger partial charge in [0.1, 0.15) is 16.1 Å². The molecule has 0 saturated carbocycles. The summed E-state index contributed by atoms with van der Waals surface area (Å²) in [6.45, 7) is 1.86. The number of hydrogen-bond donors (Lipinski definition) is 2. The highest BCUT2D eigenvalue weighted by atomic mass is 32.2. The summed E-state index contributed by atoms with van der Waals surface area (Å²) in [5.74, 6) is -0.516. The molecule has 0 radical (unpaired) electrons. The molecule has 0 fully saturated rings. The average Bonchev–Trinajstić information content (AvgIpc) is 3.09. The second-order valence-electron chi connectivity index (χ2n) is 5.58. The zero-order valence-corrected chi connectivity index (χ0v) is 16.0. The SMILES string of the molecule is CCc1cc2c(=O)n(NC(=O)CCNS(=O)(=O)c3cccnc3)cnc2s1. The quantitative estimate of drug-likeness (QED) is 0.599. The van der Waals surface area contributed by atoms with Crippen molar-refractivity contribution in [2.75, 3.05) is 12.0 Å². The largest absolute Gasteiger partial charge is 0.280 e. The normalized spacial score (nSPS) is 11.6. The highest BCUT2D eigenvalue weighted by molar-refractivity contribution is 7.89. The van der Waals surface area contributed by atoms with Crippen molar-refractivity contribution >= 4 is 37.5 Å². The monoisotopic (exact) mass is 407 g/mol. The Labute approximate surface area is 159 Å². The first-order valence-corrected chi connectivity index (χ1v) is 10.4. The van der Waals surface area contributed by atoms with Crippen molar-refractivity contribution in [2.45, 2.75) is 24.7 Å². The highest BCUT2D eigenvalue weighted by Gasteiger charge is 2.15. The first kappa shape index (κ1) is 19.1. The molecule has 0 spiro atoms. The van der Waals surface area contributed by atoms with E-state index in [4.69, 9.17) is 0 Å². The van der Waals surface area contributed by atoms with Gasteiger partial charge >= 0.3 is 0 Å². The van der Waals surface area contributed by atoms with E-state index in [0.717, 1.165) is 16.0 Å². The molecule has 0 aliphatic rings. The van der Waals surface area contributed by atoms with E-state index >= 15 is 0 Å². The number of rotatable bonds is 7. The number of aryl methyl sites for hydroxylation is 1. The van der Waals surface area contributed by atoms with E-state index in [2.05, 4.69) is 20.1 Å². The van der Waals surface area contributed by atoms with E-state index in [0.29, 0.717) is 10.2 Å². The van der Waals surface area contributed by atoms with Gasteiger partial charge in [-0.25, -0.2) is 22.8 Å². The fraction of sp³-hybridized carbons (Fsp3) is 0.250. The van der Waals surface area contributed by atoms with E-state index in [1.807, 2.05) is 6.92 Å². The van der Waals surface area contributed by atoms with Crippen LogP contribution in [-0.2, 0) is 21.2 Å². The molecule has 3 heterocycles. The van der Waals surface area contributed by atoms with Gasteiger partial charge in [0.15, 0.2) is 0 Å². The smallest absolute Gasteiger partial charge is 0.273 e. The molecular formula is C16H17N5O4S2. The third-order valence-electron chi connectivity index (χ3n) is 3.69. The van der Waals surface area contributed by atoms with Gasteiger partial charge in [-0.2, -0.15) is 0 Å². The number of nitrogens with one attached hydrogen (secondary N) is 2. The number of carbonyl (C=O) groups is 1. The van der Waals surface area contributed by atoms with Crippen molar-refractivity contribution in [1.82, 2.24) is 19.4 Å². The van der Waals surface area contributed by atoms with Crippen LogP contribution in [0.3, 0.4) is 0 Å². The van der Waals surface area contributed by atoms with Crippen LogP contribution >= 0.6 is 11.3 Å². The molecule has 0 aliphatic carbocycles. The Bertz CT molecular complexity index is 1120. The van der Waals surface area contributed by atoms with Crippen molar-refractivity contribution in [1.29, 1.82) is 0 Å². The average molecular weight is 407 g/mol. The Balaban J connectivity index is 1.62. The van der Waals surface area contributed by atoms with Gasteiger partial charge in [0.2, 0.25) is 15.9 Å². The predicted octanol–water partition coefficient (Wildman–Crippen LogP) is 0.854. The fourth-order valence-corrected chi connectivity index (χ4v) is 4.23. The summed E-state index contributed by atoms with van der Waals surface area (Å²) in [5.41, 5.74) is 2.04. The summed E-state index contributed by atoms with van der Waals surface area (Å²) in [5, 5.41) is 0.442. The second-order valence-corrected chi connectivity index (χ2v) is 8.46. The third kappa shape index (κ3) is 4.38. The molecule has 0 saturated heterocycles. The standard InChI is InChI=1S/C16H17N5O4S2/c1-2-11-8-13-15(26-11)18-10-21(16(13)23)20-14(22)5-7-19-27(24,25)12-4-3-6-17-9-12/h3-4,6,8-10,19H,2,5,7H2,1H3,(H,20,22). The van der Waals surface area contributed by atoms with Crippen molar-refractivity contribution in [2.24, 2.45) is 0 Å². The molecule has 142 valence electrons. The summed E-state index contributed by atoms with van der Waals surface area (Å²) in [4.78, 5) is 34.0. The maximum atomic E-state index is 12.4. The van der Waals surface area contributed by atoms with Crippen LogP contribution in [0.4, 0.5) is 0 Å². The maximum absolute atomic E-state index is 12.4. The minimum Gasteiger partial charge on any atom is -0.273 e. The third-order valence-corrected chi connectivity index (χ3v) is 6.32. The lowest BCUT2D eigenvalue weighted by Gasteiger charge is -2.08. The molecule has 0 bridgehead atoms. The van der Waals surface area contributed by atoms with Crippen LogP contribution in [-0.4, -0.2) is 35.5 Å². The van der Waals surface area contributed by atoms with Crippen molar-refractivity contribution < 1.29 is 13.2 Å². The molecule has 3 aromatic heterocycles. The first-order valence-electron chi connectivity index (χ1n) is 8.10. The number of nitrogens with zero attached hydrogens (tertiary/aromatic N) is 3. The number of thiophene rings is 1. The number of aromatic nitrogens is 3. The van der Waals surface area contributed by atoms with Crippen LogP contribution in [0, 0.1) is 0 Å². The van der Waals surface area contributed by atoms with Crippen LogP contribution in [0.2, 0.25) is 0 Å². The van der Waals surface area contributed by atoms with Crippen LogP contribution in [0.5, 0.6) is 0 Å². The summed E-state index contributed by atoms with van der Waals surface area (Å²) in [6.07, 6.45) is 4.58. The van der Waals surface area contributed by atoms with E-state index in [9.17, 15) is 18.0 Å². The maximum Gasteiger partial charge on any atom is 0.280 e. The van der Waals surface area contributed by atoms with Gasteiger partial charge in [-0.3, -0.25) is 20.0 Å². The molecule has 11 heteroatoms. The molecular weight excluding hydrogens is 390 g/mol. The number of sulfonamides is 1. The van der Waals surface area contributed by atoms with Crippen LogP contribution in [0.1, 0.15) is 18.2 Å². The molecule has 9 nitrogen and oxygen atoms in total. The van der Waals surface area contributed by atoms with Crippen LogP contribution < -0.4 is 15.7 Å². The molecule has 0 aromatic carbocycles. The van der Waals surface area contributed by atoms with Gasteiger partial charge in [-0.15, -0.1) is 11.3 Å². The molecule has 0 unspecified atom stereocenters. The Morgan fingerprint density at radius 1 is 1.37 bits per heavy atom. The Morgan fingerprint density at radius 3 is 2.89 bits per heavy atom. The molecule has 2 N–H and O–H groups in total. The number of fused-ring (bicyclic) bond motifs is 1. The topological polar surface area (TPSA) is 123 Å². The molecule has 3 rings (SSSR count). The number of pyridine rings is 1. The van der Waals surface area contributed by atoms with Gasteiger partial charge in [0, 0.05) is 30.2 Å². The summed E-state index contributed by atoms with van der Waals surface area (Å²) in [7, 11) is -3.74. The van der Waals surface area contributed by atoms with Crippen molar-refractivity contribution in [3.63, 3.8) is 0 Å². The fourth-order valence-electron chi connectivity index (χ4n) is 2.31. The number of amides is 1. The van der Waals surface area contributed by atoms with Gasteiger partial charge in [-0.1, -0.05) is 6.92 Å². The number of hydrogen-bond acceptors (Lipinski definition) is 7. The van der Waals surface area contributed by atoms with E-state index in [1.54, 1.807) is 6.07 Å². The lowest BCUT2D eigenvalue weighted by molar-refractivity contribution is -0.117. The molecule has 0 atom stereocenters. The zero-order valence-electron chi connectivity index (χ0n) is 14.4. The zero-order chi connectivity index (χ0) is 19.4. The first-order chi connectivity index (χ1) is 12.9. The summed E-state index contributed by atoms with van der Waals surface area (Å²) in [6, 6.07) is 4.67. The Morgan fingerprint density at radius 2 is 2.19 bits per heavy atom. The van der Waals surface area contributed by atoms with Gasteiger partial charge < -0.3 is 0 Å². The highest BCUT2D eigenvalue weighted by Crippen LogP contribution is 2.20. The molecule has 3 aromatic rings. The second kappa shape index (κ2) is 7.94. The molecule has 27 heavy (non-hydrogen) atoms. The lowest BCUT2D eigenvalue weighted by atomic mass is 10.3. The summed E-state index contributed by atoms with van der Waals surface area (Å²) < 4.78 is 27.4. The Hall–Kier alpha value is -2.63. The predicted molar refractivity (Wildman–Crippen MR) is 102 cm³/mol. The van der Waals surface area contributed by atoms with E-state index < -0.39 is 15.9 Å². The number of carbonyl (C=O) groups excluding carboxylic acids is 1. The van der Waals surface area contributed by atoms with Crippen molar-refractivity contribution in [3.05, 3.63) is 52.2 Å². The minimum atomic E-state index is -3.74.